The van der Waals surface area contributed by atoms with Crippen LogP contribution in [-0.4, -0.2) is 12.8 Å². The first-order valence-corrected chi connectivity index (χ1v) is 4.06. The van der Waals surface area contributed by atoms with Gasteiger partial charge in [-0.2, -0.15) is 0 Å². The molecule has 0 saturated carbocycles. The molecule has 0 spiro atoms. The van der Waals surface area contributed by atoms with Gasteiger partial charge in [0.05, 0.1) is 0 Å². The number of hydrogen-bond acceptors (Lipinski definition) is 1. The molecule has 12 heavy (non-hydrogen) atoms. The lowest BCUT2D eigenvalue weighted by Crippen LogP contribution is -1.97. The lowest BCUT2D eigenvalue weighted by Gasteiger charge is -2.03. The molecule has 0 aliphatic rings. The standard InChI is InChI=1S/C11H17N/c1-6-7-8-11(9(2)3)10(4)12-5/h6-8H,2H2,1,3-5H3/b7-6-,11-8+,12-10?. The Morgan fingerprint density at radius 3 is 2.25 bits per heavy atom. The molecule has 0 aromatic heterocycles. The summed E-state index contributed by atoms with van der Waals surface area (Å²) in [4.78, 5) is 4.12. The number of hydrogen-bond donors (Lipinski definition) is 0. The van der Waals surface area contributed by atoms with E-state index in [4.69, 9.17) is 0 Å². The van der Waals surface area contributed by atoms with Crippen molar-refractivity contribution < 1.29 is 0 Å². The Morgan fingerprint density at radius 2 is 1.92 bits per heavy atom. The molecule has 0 heterocycles. The van der Waals surface area contributed by atoms with Gasteiger partial charge in [-0.15, -0.1) is 0 Å². The molecule has 0 bridgehead atoms. The number of aliphatic imine (C=N–C) groups is 1. The normalized spacial score (nSPS) is 14.0. The van der Waals surface area contributed by atoms with Crippen LogP contribution in [0, 0.1) is 0 Å². The summed E-state index contributed by atoms with van der Waals surface area (Å²) >= 11 is 0. The van der Waals surface area contributed by atoms with Crippen LogP contribution in [0.4, 0.5) is 0 Å². The third-order valence-electron chi connectivity index (χ3n) is 1.64. The minimum Gasteiger partial charge on any atom is -0.293 e. The lowest BCUT2D eigenvalue weighted by atomic mass is 10.0. The van der Waals surface area contributed by atoms with Crippen molar-refractivity contribution in [1.82, 2.24) is 0 Å². The Morgan fingerprint density at radius 1 is 1.33 bits per heavy atom. The third kappa shape index (κ3) is 3.33. The Kier molecular flexibility index (Phi) is 5.02. The summed E-state index contributed by atoms with van der Waals surface area (Å²) in [6.45, 7) is 9.87. The second-order valence-corrected chi connectivity index (χ2v) is 2.70. The second-order valence-electron chi connectivity index (χ2n) is 2.70. The van der Waals surface area contributed by atoms with Crippen molar-refractivity contribution in [1.29, 1.82) is 0 Å². The average Bonchev–Trinajstić information content (AvgIpc) is 2.04. The van der Waals surface area contributed by atoms with E-state index in [0.29, 0.717) is 0 Å². The molecular weight excluding hydrogens is 146 g/mol. The zero-order chi connectivity index (χ0) is 9.56. The molecule has 0 fully saturated rings. The summed E-state index contributed by atoms with van der Waals surface area (Å²) in [5, 5.41) is 0. The van der Waals surface area contributed by atoms with Gasteiger partial charge in [0.15, 0.2) is 0 Å². The maximum Gasteiger partial charge on any atom is 0.0388 e. The minimum atomic E-state index is 1.03. The van der Waals surface area contributed by atoms with Gasteiger partial charge in [-0.25, -0.2) is 0 Å². The van der Waals surface area contributed by atoms with E-state index in [9.17, 15) is 0 Å². The highest BCUT2D eigenvalue weighted by atomic mass is 14.7. The van der Waals surface area contributed by atoms with Gasteiger partial charge in [0, 0.05) is 12.8 Å². The van der Waals surface area contributed by atoms with Gasteiger partial charge < -0.3 is 0 Å². The number of allylic oxidation sites excluding steroid dienone is 5. The summed E-state index contributed by atoms with van der Waals surface area (Å²) in [7, 11) is 1.79. The lowest BCUT2D eigenvalue weighted by molar-refractivity contribution is 1.38. The van der Waals surface area contributed by atoms with Crippen molar-refractivity contribution in [2.75, 3.05) is 7.05 Å². The third-order valence-corrected chi connectivity index (χ3v) is 1.64. The van der Waals surface area contributed by atoms with Crippen LogP contribution in [0.1, 0.15) is 20.8 Å². The largest absolute Gasteiger partial charge is 0.293 e. The van der Waals surface area contributed by atoms with Crippen molar-refractivity contribution in [3.63, 3.8) is 0 Å². The SMILES string of the molecule is C=C(C)/C(=C\C=C/C)C(C)=NC. The van der Waals surface area contributed by atoms with E-state index in [1.807, 2.05) is 39.0 Å². The van der Waals surface area contributed by atoms with Crippen molar-refractivity contribution in [2.24, 2.45) is 4.99 Å². The highest BCUT2D eigenvalue weighted by Gasteiger charge is 1.98. The monoisotopic (exact) mass is 163 g/mol. The summed E-state index contributed by atoms with van der Waals surface area (Å²) in [6, 6.07) is 0. The molecule has 0 aliphatic heterocycles. The van der Waals surface area contributed by atoms with Gasteiger partial charge in [-0.05, 0) is 31.9 Å². The summed E-state index contributed by atoms with van der Waals surface area (Å²) in [5.41, 5.74) is 3.20. The zero-order valence-corrected chi connectivity index (χ0v) is 8.39. The molecule has 0 rings (SSSR count). The Bertz CT molecular complexity index is 242. The van der Waals surface area contributed by atoms with E-state index in [0.717, 1.165) is 16.9 Å². The van der Waals surface area contributed by atoms with Gasteiger partial charge in [0.2, 0.25) is 0 Å². The van der Waals surface area contributed by atoms with Crippen LogP contribution in [-0.2, 0) is 0 Å². The second kappa shape index (κ2) is 5.53. The summed E-state index contributed by atoms with van der Waals surface area (Å²) in [5.74, 6) is 0. The Labute approximate surface area is 75.2 Å². The van der Waals surface area contributed by atoms with Crippen LogP contribution in [0.15, 0.2) is 40.9 Å². The van der Waals surface area contributed by atoms with Crippen LogP contribution in [0.5, 0.6) is 0 Å². The summed E-state index contributed by atoms with van der Waals surface area (Å²) < 4.78 is 0. The fourth-order valence-electron chi connectivity index (χ4n) is 0.885. The molecule has 0 saturated heterocycles. The van der Waals surface area contributed by atoms with E-state index in [1.54, 1.807) is 7.05 Å². The van der Waals surface area contributed by atoms with E-state index in [1.165, 1.54) is 0 Å². The molecule has 0 unspecified atom stereocenters. The van der Waals surface area contributed by atoms with Crippen LogP contribution >= 0.6 is 0 Å². The molecule has 0 aromatic rings. The predicted octanol–water partition coefficient (Wildman–Crippen LogP) is 3.16. The van der Waals surface area contributed by atoms with Crippen molar-refractivity contribution in [3.8, 4) is 0 Å². The van der Waals surface area contributed by atoms with Crippen molar-refractivity contribution in [2.45, 2.75) is 20.8 Å². The molecule has 1 nitrogen and oxygen atoms in total. The molecule has 0 amide bonds. The quantitative estimate of drug-likeness (QED) is 0.447. The molecular formula is C11H17N. The van der Waals surface area contributed by atoms with Gasteiger partial charge in [-0.1, -0.05) is 24.8 Å². The Balaban J connectivity index is 4.79. The molecule has 0 N–H and O–H groups in total. The topological polar surface area (TPSA) is 12.4 Å². The molecule has 0 radical (unpaired) electrons. The van der Waals surface area contributed by atoms with E-state index in [2.05, 4.69) is 11.6 Å². The van der Waals surface area contributed by atoms with Crippen molar-refractivity contribution in [3.05, 3.63) is 36.0 Å². The Hall–Kier alpha value is -1.11. The number of rotatable bonds is 3. The minimum absolute atomic E-state index is 1.03. The first kappa shape index (κ1) is 10.9. The molecule has 66 valence electrons. The van der Waals surface area contributed by atoms with Gasteiger partial charge in [0.1, 0.15) is 0 Å². The maximum absolute atomic E-state index is 4.12. The van der Waals surface area contributed by atoms with Crippen LogP contribution in [0.2, 0.25) is 0 Å². The predicted molar refractivity (Wildman–Crippen MR) is 56.7 cm³/mol. The maximum atomic E-state index is 4.12. The zero-order valence-electron chi connectivity index (χ0n) is 8.39. The van der Waals surface area contributed by atoms with E-state index in [-0.39, 0.29) is 0 Å². The fraction of sp³-hybridized carbons (Fsp3) is 0.364. The first-order chi connectivity index (χ1) is 5.63. The molecule has 1 heteroatoms. The smallest absolute Gasteiger partial charge is 0.0388 e. The van der Waals surface area contributed by atoms with Gasteiger partial charge in [0.25, 0.3) is 0 Å². The molecule has 0 aromatic carbocycles. The summed E-state index contributed by atoms with van der Waals surface area (Å²) in [6.07, 6.45) is 6.02. The van der Waals surface area contributed by atoms with Crippen LogP contribution in [0.3, 0.4) is 0 Å². The van der Waals surface area contributed by atoms with Gasteiger partial charge in [-0.3, -0.25) is 4.99 Å². The van der Waals surface area contributed by atoms with E-state index < -0.39 is 0 Å². The first-order valence-electron chi connectivity index (χ1n) is 4.06. The fourth-order valence-corrected chi connectivity index (χ4v) is 0.885. The van der Waals surface area contributed by atoms with Crippen molar-refractivity contribution >= 4 is 5.71 Å². The van der Waals surface area contributed by atoms with Crippen LogP contribution in [0.25, 0.3) is 0 Å². The average molecular weight is 163 g/mol. The molecule has 0 atom stereocenters. The molecule has 0 aliphatic carbocycles. The van der Waals surface area contributed by atoms with Gasteiger partial charge >= 0.3 is 0 Å². The highest BCUT2D eigenvalue weighted by molar-refractivity contribution is 6.02. The van der Waals surface area contributed by atoms with E-state index >= 15 is 0 Å². The highest BCUT2D eigenvalue weighted by Crippen LogP contribution is 2.09. The number of nitrogens with zero attached hydrogens (tertiary/aromatic N) is 1. The van der Waals surface area contributed by atoms with Crippen LogP contribution < -0.4 is 0 Å².